The molecule has 0 radical (unpaired) electrons. The van der Waals surface area contributed by atoms with E-state index in [0.29, 0.717) is 11.6 Å². The Kier molecular flexibility index (Phi) is 6.87. The lowest BCUT2D eigenvalue weighted by Crippen LogP contribution is -2.15. The highest BCUT2D eigenvalue weighted by atomic mass is 32.2. The van der Waals surface area contributed by atoms with Crippen molar-refractivity contribution in [1.82, 2.24) is 14.8 Å². The molecule has 32 heavy (non-hydrogen) atoms. The lowest BCUT2D eigenvalue weighted by atomic mass is 10.1. The van der Waals surface area contributed by atoms with Crippen molar-refractivity contribution in [1.29, 1.82) is 0 Å². The maximum atomic E-state index is 12.6. The third kappa shape index (κ3) is 5.18. The fourth-order valence-corrected chi connectivity index (χ4v) is 4.08. The summed E-state index contributed by atoms with van der Waals surface area (Å²) in [7, 11) is 1.64. The highest BCUT2D eigenvalue weighted by Crippen LogP contribution is 2.25. The predicted octanol–water partition coefficient (Wildman–Crippen LogP) is 4.91. The molecule has 1 heterocycles. The van der Waals surface area contributed by atoms with Gasteiger partial charge in [0.2, 0.25) is 5.91 Å². The number of carbonyl (C=O) groups excluding carboxylic acids is 1. The van der Waals surface area contributed by atoms with E-state index < -0.39 is 0 Å². The van der Waals surface area contributed by atoms with Crippen molar-refractivity contribution in [2.75, 3.05) is 18.2 Å². The van der Waals surface area contributed by atoms with E-state index in [1.165, 1.54) is 11.8 Å². The quantitative estimate of drug-likeness (QED) is 0.391. The SMILES string of the molecule is COc1ccc(-n2c(Cc3ccccc3)nnc2SCC(=O)Nc2ccccc2C)cc1. The van der Waals surface area contributed by atoms with Crippen LogP contribution in [0.25, 0.3) is 5.69 Å². The van der Waals surface area contributed by atoms with Gasteiger partial charge in [-0.2, -0.15) is 0 Å². The van der Waals surface area contributed by atoms with Gasteiger partial charge in [0.15, 0.2) is 5.16 Å². The van der Waals surface area contributed by atoms with Gasteiger partial charge in [-0.3, -0.25) is 9.36 Å². The highest BCUT2D eigenvalue weighted by Gasteiger charge is 2.17. The van der Waals surface area contributed by atoms with E-state index in [1.54, 1.807) is 7.11 Å². The van der Waals surface area contributed by atoms with Crippen LogP contribution in [-0.4, -0.2) is 33.5 Å². The molecule has 6 nitrogen and oxygen atoms in total. The Morgan fingerprint density at radius 1 is 0.969 bits per heavy atom. The van der Waals surface area contributed by atoms with Crippen LogP contribution < -0.4 is 10.1 Å². The molecule has 0 unspecified atom stereocenters. The van der Waals surface area contributed by atoms with Crippen molar-refractivity contribution < 1.29 is 9.53 Å². The Morgan fingerprint density at radius 3 is 2.41 bits per heavy atom. The van der Waals surface area contributed by atoms with Crippen molar-refractivity contribution in [3.63, 3.8) is 0 Å². The minimum atomic E-state index is -0.0850. The number of thioether (sulfide) groups is 1. The van der Waals surface area contributed by atoms with Crippen molar-refractivity contribution in [2.45, 2.75) is 18.5 Å². The number of methoxy groups -OCH3 is 1. The molecule has 0 saturated carbocycles. The molecule has 1 aromatic heterocycles. The molecule has 0 spiro atoms. The lowest BCUT2D eigenvalue weighted by Gasteiger charge is -2.12. The fraction of sp³-hybridized carbons (Fsp3) is 0.160. The number of amides is 1. The Morgan fingerprint density at radius 2 is 1.69 bits per heavy atom. The molecular weight excluding hydrogens is 420 g/mol. The van der Waals surface area contributed by atoms with E-state index in [2.05, 4.69) is 27.6 Å². The Balaban J connectivity index is 1.56. The number of ether oxygens (including phenoxy) is 1. The average Bonchev–Trinajstić information content (AvgIpc) is 3.22. The van der Waals surface area contributed by atoms with Crippen LogP contribution in [-0.2, 0) is 11.2 Å². The van der Waals surface area contributed by atoms with Crippen molar-refractivity contribution in [2.24, 2.45) is 0 Å². The molecule has 1 N–H and O–H groups in total. The number of hydrogen-bond acceptors (Lipinski definition) is 5. The molecule has 4 aromatic rings. The molecule has 1 amide bonds. The van der Waals surface area contributed by atoms with Gasteiger partial charge in [0.25, 0.3) is 0 Å². The summed E-state index contributed by atoms with van der Waals surface area (Å²) in [4.78, 5) is 12.6. The summed E-state index contributed by atoms with van der Waals surface area (Å²) >= 11 is 1.36. The first-order chi connectivity index (χ1) is 15.6. The summed E-state index contributed by atoms with van der Waals surface area (Å²) in [5, 5.41) is 12.5. The number of nitrogens with zero attached hydrogens (tertiary/aromatic N) is 3. The Labute approximate surface area is 191 Å². The smallest absolute Gasteiger partial charge is 0.234 e. The summed E-state index contributed by atoms with van der Waals surface area (Å²) in [6.07, 6.45) is 0.635. The van der Waals surface area contributed by atoms with Crippen LogP contribution in [0.1, 0.15) is 17.0 Å². The highest BCUT2D eigenvalue weighted by molar-refractivity contribution is 7.99. The zero-order chi connectivity index (χ0) is 22.3. The molecule has 3 aromatic carbocycles. The Bertz CT molecular complexity index is 1190. The zero-order valence-corrected chi connectivity index (χ0v) is 18.8. The lowest BCUT2D eigenvalue weighted by molar-refractivity contribution is -0.113. The first kappa shape index (κ1) is 21.6. The van der Waals surface area contributed by atoms with E-state index in [1.807, 2.05) is 78.2 Å². The van der Waals surface area contributed by atoms with Crippen LogP contribution in [0.4, 0.5) is 5.69 Å². The second kappa shape index (κ2) is 10.2. The molecule has 0 saturated heterocycles. The minimum Gasteiger partial charge on any atom is -0.497 e. The van der Waals surface area contributed by atoms with Gasteiger partial charge >= 0.3 is 0 Å². The van der Waals surface area contributed by atoms with Crippen LogP contribution in [0.15, 0.2) is 84.0 Å². The summed E-state index contributed by atoms with van der Waals surface area (Å²) < 4.78 is 7.29. The summed E-state index contributed by atoms with van der Waals surface area (Å²) in [6.45, 7) is 1.97. The molecule has 4 rings (SSSR count). The van der Waals surface area contributed by atoms with Crippen LogP contribution in [0.5, 0.6) is 5.75 Å². The number of para-hydroxylation sites is 1. The fourth-order valence-electron chi connectivity index (χ4n) is 3.31. The van der Waals surface area contributed by atoms with E-state index in [0.717, 1.165) is 34.1 Å². The van der Waals surface area contributed by atoms with Crippen molar-refractivity contribution in [3.05, 3.63) is 95.8 Å². The van der Waals surface area contributed by atoms with Crippen LogP contribution in [0.3, 0.4) is 0 Å². The summed E-state index contributed by atoms with van der Waals surface area (Å²) in [6, 6.07) is 25.6. The summed E-state index contributed by atoms with van der Waals surface area (Å²) in [5.74, 6) is 1.73. The third-order valence-electron chi connectivity index (χ3n) is 4.99. The normalized spacial score (nSPS) is 10.7. The molecule has 0 aliphatic rings. The van der Waals surface area contributed by atoms with Crippen molar-refractivity contribution >= 4 is 23.4 Å². The molecule has 7 heteroatoms. The Hall–Kier alpha value is -3.58. The van der Waals surface area contributed by atoms with Gasteiger partial charge in [0.05, 0.1) is 12.9 Å². The topological polar surface area (TPSA) is 69.0 Å². The molecule has 0 atom stereocenters. The molecule has 162 valence electrons. The van der Waals surface area contributed by atoms with E-state index in [-0.39, 0.29) is 11.7 Å². The van der Waals surface area contributed by atoms with Gasteiger partial charge in [-0.1, -0.05) is 60.3 Å². The number of rotatable bonds is 8. The van der Waals surface area contributed by atoms with Gasteiger partial charge < -0.3 is 10.1 Å². The van der Waals surface area contributed by atoms with Gasteiger partial charge in [0.1, 0.15) is 11.6 Å². The molecular formula is C25H24N4O2S. The number of benzene rings is 3. The largest absolute Gasteiger partial charge is 0.497 e. The molecule has 0 fully saturated rings. The minimum absolute atomic E-state index is 0.0850. The number of aryl methyl sites for hydroxylation is 1. The van der Waals surface area contributed by atoms with E-state index in [9.17, 15) is 4.79 Å². The summed E-state index contributed by atoms with van der Waals surface area (Å²) in [5.41, 5.74) is 3.91. The second-order valence-corrected chi connectivity index (χ2v) is 8.19. The number of anilines is 1. The number of carbonyl (C=O) groups is 1. The van der Waals surface area contributed by atoms with E-state index in [4.69, 9.17) is 4.74 Å². The molecule has 0 aliphatic carbocycles. The predicted molar refractivity (Wildman–Crippen MR) is 128 cm³/mol. The molecule has 0 aliphatic heterocycles. The number of nitrogens with one attached hydrogen (secondary N) is 1. The van der Waals surface area contributed by atoms with E-state index >= 15 is 0 Å². The second-order valence-electron chi connectivity index (χ2n) is 7.25. The van der Waals surface area contributed by atoms with Gasteiger partial charge in [-0.15, -0.1) is 10.2 Å². The zero-order valence-electron chi connectivity index (χ0n) is 18.0. The maximum Gasteiger partial charge on any atom is 0.234 e. The first-order valence-electron chi connectivity index (χ1n) is 10.2. The van der Waals surface area contributed by atoms with Gasteiger partial charge in [-0.25, -0.2) is 0 Å². The third-order valence-corrected chi connectivity index (χ3v) is 5.92. The van der Waals surface area contributed by atoms with Crippen LogP contribution >= 0.6 is 11.8 Å². The molecule has 0 bridgehead atoms. The number of hydrogen-bond donors (Lipinski definition) is 1. The maximum absolute atomic E-state index is 12.6. The van der Waals surface area contributed by atoms with Crippen molar-refractivity contribution in [3.8, 4) is 11.4 Å². The van der Waals surface area contributed by atoms with Crippen LogP contribution in [0.2, 0.25) is 0 Å². The number of aromatic nitrogens is 3. The van der Waals surface area contributed by atoms with Gasteiger partial charge in [0, 0.05) is 17.8 Å². The monoisotopic (exact) mass is 444 g/mol. The van der Waals surface area contributed by atoms with Gasteiger partial charge in [-0.05, 0) is 48.4 Å². The standard InChI is InChI=1S/C25H24N4O2S/c1-18-8-6-7-11-22(18)26-24(30)17-32-25-28-27-23(16-19-9-4-3-5-10-19)29(25)20-12-14-21(31-2)15-13-20/h3-15H,16-17H2,1-2H3,(H,26,30). The van der Waals surface area contributed by atoms with Crippen LogP contribution in [0, 0.1) is 6.92 Å². The average molecular weight is 445 g/mol. The first-order valence-corrected chi connectivity index (χ1v) is 11.2.